The average molecular weight is 165 g/mol. The van der Waals surface area contributed by atoms with E-state index in [1.165, 1.54) is 0 Å². The van der Waals surface area contributed by atoms with E-state index in [9.17, 15) is 4.57 Å². The fourth-order valence-corrected chi connectivity index (χ4v) is 2.86. The van der Waals surface area contributed by atoms with Gasteiger partial charge in [-0.2, -0.15) is 0 Å². The maximum atomic E-state index is 11.3. The summed E-state index contributed by atoms with van der Waals surface area (Å²) in [5.74, 6) is 4.99. The molecule has 0 atom stereocenters. The lowest BCUT2D eigenvalue weighted by atomic mass is 10.2. The lowest BCUT2D eigenvalue weighted by Crippen LogP contribution is -2.31. The molecule has 3 nitrogen and oxygen atoms in total. The van der Waals surface area contributed by atoms with Crippen LogP contribution in [0.1, 0.15) is 13.8 Å². The molecule has 10 heavy (non-hydrogen) atoms. The Morgan fingerprint density at radius 2 is 1.90 bits per heavy atom. The first kappa shape index (κ1) is 10.2. The van der Waals surface area contributed by atoms with Crippen LogP contribution in [0.5, 0.6) is 0 Å². The Kier molecular flexibility index (Phi) is 3.08. The Morgan fingerprint density at radius 1 is 1.50 bits per heavy atom. The van der Waals surface area contributed by atoms with Crippen molar-refractivity contribution >= 4 is 7.14 Å². The molecule has 0 spiro atoms. The van der Waals surface area contributed by atoms with Gasteiger partial charge in [-0.25, -0.2) is 5.90 Å². The third-order valence-electron chi connectivity index (χ3n) is 1.08. The zero-order valence-electron chi connectivity index (χ0n) is 7.05. The van der Waals surface area contributed by atoms with E-state index >= 15 is 0 Å². The van der Waals surface area contributed by atoms with Gasteiger partial charge in [0, 0.05) is 6.16 Å². The van der Waals surface area contributed by atoms with Crippen LogP contribution in [0.3, 0.4) is 0 Å². The Balaban J connectivity index is 4.02. The normalized spacial score (nSPS) is 13.7. The lowest BCUT2D eigenvalue weighted by Gasteiger charge is -2.23. The van der Waals surface area contributed by atoms with Crippen LogP contribution in [0, 0.1) is 0 Å². The minimum Gasteiger partial charge on any atom is -0.324 e. The van der Waals surface area contributed by atoms with Gasteiger partial charge in [-0.05, 0) is 27.2 Å². The van der Waals surface area contributed by atoms with Crippen LogP contribution in [0.15, 0.2) is 0 Å². The zero-order valence-corrected chi connectivity index (χ0v) is 7.94. The molecular formula is C6H16NO2P. The van der Waals surface area contributed by atoms with Crippen LogP contribution in [-0.2, 0) is 9.40 Å². The summed E-state index contributed by atoms with van der Waals surface area (Å²) in [4.78, 5) is 4.64. The van der Waals surface area contributed by atoms with Gasteiger partial charge in [0.25, 0.3) is 0 Å². The van der Waals surface area contributed by atoms with Crippen molar-refractivity contribution in [1.82, 2.24) is 0 Å². The SMILES string of the molecule is CC(C)(CP(C)(C)=O)ON. The summed E-state index contributed by atoms with van der Waals surface area (Å²) >= 11 is 0. The molecule has 0 unspecified atom stereocenters. The fourth-order valence-electron chi connectivity index (χ4n) is 0.954. The summed E-state index contributed by atoms with van der Waals surface area (Å²) in [6.45, 7) is 7.11. The van der Waals surface area contributed by atoms with Crippen molar-refractivity contribution in [2.45, 2.75) is 19.4 Å². The van der Waals surface area contributed by atoms with E-state index in [0.29, 0.717) is 6.16 Å². The molecule has 0 amide bonds. The van der Waals surface area contributed by atoms with Crippen LogP contribution in [0.2, 0.25) is 0 Å². The molecule has 0 aliphatic heterocycles. The number of nitrogens with two attached hydrogens (primary N) is 1. The maximum Gasteiger partial charge on any atom is 0.0905 e. The standard InChI is InChI=1S/C6H16NO2P/c1-6(2,9-7)5-10(3,4)8/h5,7H2,1-4H3. The first-order valence-electron chi connectivity index (χ1n) is 3.19. The number of hydrogen-bond acceptors (Lipinski definition) is 3. The fraction of sp³-hybridized carbons (Fsp3) is 1.00. The molecule has 0 saturated heterocycles. The Hall–Kier alpha value is 0.150. The molecular weight excluding hydrogens is 149 g/mol. The largest absolute Gasteiger partial charge is 0.324 e. The molecule has 0 aromatic carbocycles. The molecule has 0 rings (SSSR count). The monoisotopic (exact) mass is 165 g/mol. The Morgan fingerprint density at radius 3 is 2.00 bits per heavy atom. The van der Waals surface area contributed by atoms with E-state index in [0.717, 1.165) is 0 Å². The highest BCUT2D eigenvalue weighted by atomic mass is 31.2. The van der Waals surface area contributed by atoms with Gasteiger partial charge in [-0.3, -0.25) is 4.84 Å². The highest BCUT2D eigenvalue weighted by molar-refractivity contribution is 7.62. The van der Waals surface area contributed by atoms with Crippen LogP contribution < -0.4 is 5.90 Å². The smallest absolute Gasteiger partial charge is 0.0905 e. The van der Waals surface area contributed by atoms with Gasteiger partial charge in [-0.1, -0.05) is 0 Å². The molecule has 0 radical (unpaired) electrons. The van der Waals surface area contributed by atoms with E-state index in [4.69, 9.17) is 5.90 Å². The Bertz CT molecular complexity index is 150. The number of rotatable bonds is 3. The first-order chi connectivity index (χ1) is 4.27. The molecule has 0 saturated carbocycles. The first-order valence-corrected chi connectivity index (χ1v) is 5.97. The highest BCUT2D eigenvalue weighted by Crippen LogP contribution is 2.39. The summed E-state index contributed by atoms with van der Waals surface area (Å²) in [7, 11) is -2.01. The van der Waals surface area contributed by atoms with Crippen molar-refractivity contribution in [2.24, 2.45) is 5.90 Å². The van der Waals surface area contributed by atoms with Gasteiger partial charge in [0.1, 0.15) is 0 Å². The Labute approximate surface area is 62.3 Å². The zero-order chi connectivity index (χ0) is 8.41. The van der Waals surface area contributed by atoms with Gasteiger partial charge < -0.3 is 4.57 Å². The molecule has 2 N–H and O–H groups in total. The molecule has 0 aromatic heterocycles. The third kappa shape index (κ3) is 4.98. The van der Waals surface area contributed by atoms with Gasteiger partial charge in [-0.15, -0.1) is 0 Å². The maximum absolute atomic E-state index is 11.3. The minimum atomic E-state index is -2.01. The molecule has 0 aliphatic rings. The van der Waals surface area contributed by atoms with Crippen LogP contribution in [-0.4, -0.2) is 25.1 Å². The van der Waals surface area contributed by atoms with Crippen LogP contribution in [0.25, 0.3) is 0 Å². The highest BCUT2D eigenvalue weighted by Gasteiger charge is 2.24. The van der Waals surface area contributed by atoms with E-state index in [2.05, 4.69) is 4.84 Å². The second kappa shape index (κ2) is 3.04. The van der Waals surface area contributed by atoms with Crippen molar-refractivity contribution in [3.63, 3.8) is 0 Å². The van der Waals surface area contributed by atoms with Gasteiger partial charge in [0.15, 0.2) is 0 Å². The second-order valence-electron chi connectivity index (χ2n) is 3.61. The van der Waals surface area contributed by atoms with Gasteiger partial charge in [0.2, 0.25) is 0 Å². The molecule has 62 valence electrons. The van der Waals surface area contributed by atoms with Gasteiger partial charge >= 0.3 is 0 Å². The minimum absolute atomic E-state index is 0.459. The number of hydrogen-bond donors (Lipinski definition) is 1. The average Bonchev–Trinajstić information content (AvgIpc) is 1.60. The second-order valence-corrected chi connectivity index (χ2v) is 7.07. The molecule has 0 aromatic rings. The van der Waals surface area contributed by atoms with Crippen molar-refractivity contribution in [3.05, 3.63) is 0 Å². The predicted molar refractivity (Wildman–Crippen MR) is 43.7 cm³/mol. The molecule has 0 fully saturated rings. The van der Waals surface area contributed by atoms with Crippen LogP contribution in [0.4, 0.5) is 0 Å². The van der Waals surface area contributed by atoms with E-state index in [1.807, 2.05) is 13.8 Å². The summed E-state index contributed by atoms with van der Waals surface area (Å²) in [5.41, 5.74) is -0.459. The third-order valence-corrected chi connectivity index (χ3v) is 2.60. The summed E-state index contributed by atoms with van der Waals surface area (Å²) in [5, 5.41) is 0. The van der Waals surface area contributed by atoms with Crippen molar-refractivity contribution in [1.29, 1.82) is 0 Å². The van der Waals surface area contributed by atoms with E-state index in [1.54, 1.807) is 13.3 Å². The molecule has 0 aliphatic carbocycles. The van der Waals surface area contributed by atoms with Crippen molar-refractivity contribution in [2.75, 3.05) is 19.5 Å². The summed E-state index contributed by atoms with van der Waals surface area (Å²) < 4.78 is 11.3. The van der Waals surface area contributed by atoms with E-state index < -0.39 is 12.7 Å². The molecule has 4 heteroatoms. The van der Waals surface area contributed by atoms with Crippen molar-refractivity contribution in [3.8, 4) is 0 Å². The molecule has 0 heterocycles. The molecule has 0 bridgehead atoms. The summed E-state index contributed by atoms with van der Waals surface area (Å²) in [6.07, 6.45) is 0.524. The topological polar surface area (TPSA) is 52.3 Å². The van der Waals surface area contributed by atoms with Crippen LogP contribution >= 0.6 is 7.14 Å². The van der Waals surface area contributed by atoms with Gasteiger partial charge in [0.05, 0.1) is 12.7 Å². The summed E-state index contributed by atoms with van der Waals surface area (Å²) in [6, 6.07) is 0. The van der Waals surface area contributed by atoms with Crippen molar-refractivity contribution < 1.29 is 9.40 Å². The quantitative estimate of drug-likeness (QED) is 0.506. The predicted octanol–water partition coefficient (Wildman–Crippen LogP) is 1.28. The van der Waals surface area contributed by atoms with E-state index in [-0.39, 0.29) is 0 Å². The lowest BCUT2D eigenvalue weighted by molar-refractivity contribution is -0.00184.